The molecule has 0 aliphatic carbocycles. The number of halogens is 1. The van der Waals surface area contributed by atoms with E-state index in [1.807, 2.05) is 23.1 Å². The van der Waals surface area contributed by atoms with Crippen molar-refractivity contribution in [2.24, 2.45) is 7.05 Å². The Morgan fingerprint density at radius 2 is 2.03 bits per heavy atom. The first kappa shape index (κ1) is 19.9. The number of amides is 1. The van der Waals surface area contributed by atoms with Gasteiger partial charge in [0.2, 0.25) is 0 Å². The molecule has 5 rings (SSSR count). The lowest BCUT2D eigenvalue weighted by Crippen LogP contribution is -2.40. The fourth-order valence-electron chi connectivity index (χ4n) is 4.22. The Kier molecular flexibility index (Phi) is 4.93. The molecule has 1 aliphatic rings. The van der Waals surface area contributed by atoms with Crippen LogP contribution in [0.1, 0.15) is 28.4 Å². The molecular weight excluding hydrogens is 411 g/mol. The lowest BCUT2D eigenvalue weighted by Gasteiger charge is -2.25. The maximum atomic E-state index is 14.0. The highest BCUT2D eigenvalue weighted by Gasteiger charge is 2.35. The van der Waals surface area contributed by atoms with Gasteiger partial charge in [-0.25, -0.2) is 13.9 Å². The molecule has 1 aliphatic heterocycles. The van der Waals surface area contributed by atoms with E-state index in [0.717, 1.165) is 11.2 Å². The minimum Gasteiger partial charge on any atom is -0.347 e. The average Bonchev–Trinajstić information content (AvgIpc) is 3.42. The predicted molar refractivity (Wildman–Crippen MR) is 117 cm³/mol. The van der Waals surface area contributed by atoms with Gasteiger partial charge >= 0.3 is 0 Å². The lowest BCUT2D eigenvalue weighted by atomic mass is 10.0. The summed E-state index contributed by atoms with van der Waals surface area (Å²) in [5.41, 5.74) is 1.26. The molecular formula is C23H21FN6O2. The van der Waals surface area contributed by atoms with Crippen LogP contribution in [-0.2, 0) is 7.05 Å². The molecule has 1 fully saturated rings. The Hall–Kier alpha value is -4.01. The molecule has 1 unspecified atom stereocenters. The number of pyridine rings is 1. The molecule has 9 heteroatoms. The Morgan fingerprint density at radius 3 is 2.88 bits per heavy atom. The van der Waals surface area contributed by atoms with E-state index in [4.69, 9.17) is 0 Å². The van der Waals surface area contributed by atoms with Gasteiger partial charge < -0.3 is 14.8 Å². The van der Waals surface area contributed by atoms with Crippen LogP contribution in [0, 0.1) is 5.82 Å². The molecule has 1 amide bonds. The molecule has 162 valence electrons. The maximum Gasteiger partial charge on any atom is 0.263 e. The average molecular weight is 432 g/mol. The molecule has 2 atom stereocenters. The zero-order valence-electron chi connectivity index (χ0n) is 17.4. The van der Waals surface area contributed by atoms with Crippen molar-refractivity contribution in [2.75, 3.05) is 11.4 Å². The molecule has 8 nitrogen and oxygen atoms in total. The van der Waals surface area contributed by atoms with Crippen LogP contribution >= 0.6 is 0 Å². The van der Waals surface area contributed by atoms with E-state index < -0.39 is 5.91 Å². The molecule has 0 radical (unpaired) electrons. The highest BCUT2D eigenvalue weighted by molar-refractivity contribution is 5.94. The number of anilines is 1. The van der Waals surface area contributed by atoms with Gasteiger partial charge in [0.15, 0.2) is 5.65 Å². The fraction of sp³-hybridized carbons (Fsp3) is 0.217. The number of carbonyl (C=O) groups excluding carboxylic acids is 1. The number of imidazole rings is 1. The number of nitrogens with one attached hydrogen (secondary N) is 1. The highest BCUT2D eigenvalue weighted by Crippen LogP contribution is 2.35. The lowest BCUT2D eigenvalue weighted by molar-refractivity contribution is 0.0938. The highest BCUT2D eigenvalue weighted by atomic mass is 19.1. The van der Waals surface area contributed by atoms with E-state index >= 15 is 0 Å². The van der Waals surface area contributed by atoms with Gasteiger partial charge in [-0.05, 0) is 48.4 Å². The molecule has 1 aromatic carbocycles. The van der Waals surface area contributed by atoms with Crippen molar-refractivity contribution in [3.05, 3.63) is 94.4 Å². The van der Waals surface area contributed by atoms with Crippen molar-refractivity contribution < 1.29 is 9.18 Å². The quantitative estimate of drug-likeness (QED) is 0.535. The molecule has 0 saturated carbocycles. The zero-order valence-corrected chi connectivity index (χ0v) is 17.4. The van der Waals surface area contributed by atoms with Gasteiger partial charge in [-0.2, -0.15) is 0 Å². The van der Waals surface area contributed by atoms with E-state index in [-0.39, 0.29) is 29.0 Å². The number of fused-ring (bicyclic) bond motifs is 1. The number of aromatic nitrogens is 4. The predicted octanol–water partition coefficient (Wildman–Crippen LogP) is 2.32. The molecule has 0 bridgehead atoms. The molecule has 0 spiro atoms. The Bertz CT molecular complexity index is 1360. The van der Waals surface area contributed by atoms with E-state index in [1.165, 1.54) is 22.8 Å². The van der Waals surface area contributed by atoms with Gasteiger partial charge in [0.25, 0.3) is 11.5 Å². The maximum absolute atomic E-state index is 14.0. The van der Waals surface area contributed by atoms with Crippen molar-refractivity contribution in [3.63, 3.8) is 0 Å². The van der Waals surface area contributed by atoms with Crippen molar-refractivity contribution in [1.29, 1.82) is 0 Å². The first-order valence-electron chi connectivity index (χ1n) is 10.3. The summed E-state index contributed by atoms with van der Waals surface area (Å²) in [4.78, 5) is 31.4. The van der Waals surface area contributed by atoms with Crippen LogP contribution in [0.4, 0.5) is 10.2 Å². The van der Waals surface area contributed by atoms with E-state index in [0.29, 0.717) is 18.8 Å². The van der Waals surface area contributed by atoms with Crippen LogP contribution < -0.4 is 15.8 Å². The van der Waals surface area contributed by atoms with Gasteiger partial charge in [0.05, 0.1) is 6.04 Å². The van der Waals surface area contributed by atoms with Crippen LogP contribution in [0.15, 0.2) is 71.9 Å². The van der Waals surface area contributed by atoms with E-state index in [9.17, 15) is 14.0 Å². The summed E-state index contributed by atoms with van der Waals surface area (Å²) in [6.07, 6.45) is 5.58. The van der Waals surface area contributed by atoms with Crippen LogP contribution in [-0.4, -0.2) is 37.7 Å². The topological polar surface area (TPSA) is 84.5 Å². The third-order valence-electron chi connectivity index (χ3n) is 5.77. The van der Waals surface area contributed by atoms with Gasteiger partial charge in [-0.3, -0.25) is 9.59 Å². The monoisotopic (exact) mass is 432 g/mol. The van der Waals surface area contributed by atoms with Gasteiger partial charge in [0.1, 0.15) is 17.2 Å². The number of hydrogen-bond acceptors (Lipinski definition) is 5. The summed E-state index contributed by atoms with van der Waals surface area (Å²) in [5.74, 6) is -0.0491. The first-order chi connectivity index (χ1) is 15.5. The minimum atomic E-state index is -0.422. The largest absolute Gasteiger partial charge is 0.347 e. The molecule has 1 N–H and O–H groups in total. The summed E-state index contributed by atoms with van der Waals surface area (Å²) >= 11 is 0. The molecule has 1 saturated heterocycles. The summed E-state index contributed by atoms with van der Waals surface area (Å²) in [7, 11) is 1.61. The van der Waals surface area contributed by atoms with Gasteiger partial charge in [0, 0.05) is 38.2 Å². The van der Waals surface area contributed by atoms with Crippen LogP contribution in [0.3, 0.4) is 0 Å². The van der Waals surface area contributed by atoms with Crippen molar-refractivity contribution in [2.45, 2.75) is 18.5 Å². The van der Waals surface area contributed by atoms with E-state index in [2.05, 4.69) is 15.4 Å². The summed E-state index contributed by atoms with van der Waals surface area (Å²) in [6, 6.07) is 12.9. The molecule has 4 aromatic rings. The minimum absolute atomic E-state index is 0.0914. The summed E-state index contributed by atoms with van der Waals surface area (Å²) < 4.78 is 17.0. The van der Waals surface area contributed by atoms with Gasteiger partial charge in [-0.1, -0.05) is 12.1 Å². The number of nitrogens with zero attached hydrogens (tertiary/aromatic N) is 5. The molecule has 32 heavy (non-hydrogen) atoms. The number of benzene rings is 1. The normalized spacial score (nSPS) is 18.2. The Morgan fingerprint density at radius 1 is 1.16 bits per heavy atom. The Balaban J connectivity index is 1.46. The third kappa shape index (κ3) is 3.62. The van der Waals surface area contributed by atoms with Crippen LogP contribution in [0.2, 0.25) is 0 Å². The first-order valence-corrected chi connectivity index (χ1v) is 10.3. The van der Waals surface area contributed by atoms with Crippen molar-refractivity contribution in [3.8, 4) is 0 Å². The second-order valence-corrected chi connectivity index (χ2v) is 7.89. The number of carbonyl (C=O) groups is 1. The number of aryl methyl sites for hydroxylation is 1. The van der Waals surface area contributed by atoms with Crippen LogP contribution in [0.25, 0.3) is 5.65 Å². The Labute approximate surface area is 182 Å². The number of hydrogen-bond donors (Lipinski definition) is 1. The van der Waals surface area contributed by atoms with Gasteiger partial charge in [-0.15, -0.1) is 5.10 Å². The standard InChI is InChI=1S/C23H21FN6O2/c1-28-10-3-6-18(23(28)32)22(31)26-17-13-19(15-4-2-5-16(24)12-15)29(14-17)21-8-7-20-25-9-11-30(20)27-21/h2-12,17,19H,13-14H2,1H3,(H,26,31)/t17?,19-/m1/s1. The summed E-state index contributed by atoms with van der Waals surface area (Å²) in [6.45, 7) is 0.466. The van der Waals surface area contributed by atoms with Crippen LogP contribution in [0.5, 0.6) is 0 Å². The summed E-state index contributed by atoms with van der Waals surface area (Å²) in [5, 5.41) is 7.61. The second-order valence-electron chi connectivity index (χ2n) is 7.89. The second kappa shape index (κ2) is 7.92. The smallest absolute Gasteiger partial charge is 0.263 e. The van der Waals surface area contributed by atoms with Crippen molar-refractivity contribution >= 4 is 17.4 Å². The number of rotatable bonds is 4. The SMILES string of the molecule is Cn1cccc(C(=O)NC2C[C@H](c3cccc(F)c3)N(c3ccc4nccn4n3)C2)c1=O. The fourth-order valence-corrected chi connectivity index (χ4v) is 4.22. The third-order valence-corrected chi connectivity index (χ3v) is 5.77. The van der Waals surface area contributed by atoms with Crippen molar-refractivity contribution in [1.82, 2.24) is 24.5 Å². The molecule has 3 aromatic heterocycles. The van der Waals surface area contributed by atoms with E-state index in [1.54, 1.807) is 42.3 Å². The molecule has 4 heterocycles. The zero-order chi connectivity index (χ0) is 22.2.